The number of rotatable bonds is 5. The minimum absolute atomic E-state index is 0.00298. The van der Waals surface area contributed by atoms with Crippen molar-refractivity contribution in [2.45, 2.75) is 33.1 Å². The standard InChI is InChI=1S/C14H20O3S/c1-4-17-13(15)9-18-14(16)12-7-5-11(6-8-12)10(2)3/h7,11H,2,4-6,8-9H2,1,3H3/t11-/m1/s1. The summed E-state index contributed by atoms with van der Waals surface area (Å²) < 4.78 is 4.79. The zero-order valence-corrected chi connectivity index (χ0v) is 11.8. The predicted octanol–water partition coefficient (Wildman–Crippen LogP) is 3.11. The molecule has 0 amide bonds. The minimum Gasteiger partial charge on any atom is -0.465 e. The van der Waals surface area contributed by atoms with Crippen molar-refractivity contribution >= 4 is 22.8 Å². The lowest BCUT2D eigenvalue weighted by Gasteiger charge is -2.21. The van der Waals surface area contributed by atoms with Crippen LogP contribution in [0.2, 0.25) is 0 Å². The van der Waals surface area contributed by atoms with E-state index in [1.165, 1.54) is 5.57 Å². The molecule has 4 heteroatoms. The van der Waals surface area contributed by atoms with Crippen molar-refractivity contribution in [1.82, 2.24) is 0 Å². The van der Waals surface area contributed by atoms with Crippen LogP contribution in [0.15, 0.2) is 23.8 Å². The minimum atomic E-state index is -0.327. The Morgan fingerprint density at radius 3 is 2.78 bits per heavy atom. The summed E-state index contributed by atoms with van der Waals surface area (Å²) in [6.45, 7) is 8.09. The van der Waals surface area contributed by atoms with E-state index in [0.29, 0.717) is 12.5 Å². The van der Waals surface area contributed by atoms with Gasteiger partial charge in [0.15, 0.2) is 0 Å². The smallest absolute Gasteiger partial charge is 0.316 e. The zero-order chi connectivity index (χ0) is 13.5. The summed E-state index contributed by atoms with van der Waals surface area (Å²) in [6.07, 6.45) is 4.64. The van der Waals surface area contributed by atoms with Crippen molar-refractivity contribution < 1.29 is 14.3 Å². The Bertz CT molecular complexity index is 371. The van der Waals surface area contributed by atoms with Crippen molar-refractivity contribution in [2.24, 2.45) is 5.92 Å². The van der Waals surface area contributed by atoms with Gasteiger partial charge in [0.2, 0.25) is 5.12 Å². The van der Waals surface area contributed by atoms with Crippen molar-refractivity contribution in [3.05, 3.63) is 23.8 Å². The highest BCUT2D eigenvalue weighted by atomic mass is 32.2. The Kier molecular flexibility index (Phi) is 6.19. The molecule has 0 unspecified atom stereocenters. The SMILES string of the molecule is C=C(C)[C@@H]1CC=C(C(=O)SCC(=O)OCC)CC1. The molecule has 1 atom stereocenters. The lowest BCUT2D eigenvalue weighted by Crippen LogP contribution is -2.13. The summed E-state index contributed by atoms with van der Waals surface area (Å²) in [5.74, 6) is 0.275. The van der Waals surface area contributed by atoms with Gasteiger partial charge in [0, 0.05) is 5.57 Å². The van der Waals surface area contributed by atoms with Gasteiger partial charge in [-0.05, 0) is 39.0 Å². The van der Waals surface area contributed by atoms with Crippen LogP contribution in [0, 0.1) is 5.92 Å². The molecule has 0 spiro atoms. The second-order valence-electron chi connectivity index (χ2n) is 4.43. The molecule has 18 heavy (non-hydrogen) atoms. The molecule has 100 valence electrons. The van der Waals surface area contributed by atoms with Crippen molar-refractivity contribution in [3.63, 3.8) is 0 Å². The summed E-state index contributed by atoms with van der Waals surface area (Å²) in [5.41, 5.74) is 2.01. The van der Waals surface area contributed by atoms with E-state index in [-0.39, 0.29) is 16.8 Å². The largest absolute Gasteiger partial charge is 0.465 e. The quantitative estimate of drug-likeness (QED) is 0.567. The molecule has 0 N–H and O–H groups in total. The van der Waals surface area contributed by atoms with E-state index in [4.69, 9.17) is 4.74 Å². The van der Waals surface area contributed by atoms with Crippen LogP contribution in [0.3, 0.4) is 0 Å². The molecule has 0 fully saturated rings. The van der Waals surface area contributed by atoms with E-state index in [2.05, 4.69) is 6.58 Å². The van der Waals surface area contributed by atoms with Gasteiger partial charge in [-0.2, -0.15) is 0 Å². The van der Waals surface area contributed by atoms with Gasteiger partial charge in [0.05, 0.1) is 12.4 Å². The number of esters is 1. The van der Waals surface area contributed by atoms with Gasteiger partial charge in [-0.15, -0.1) is 0 Å². The first-order valence-electron chi connectivity index (χ1n) is 6.21. The summed E-state index contributed by atoms with van der Waals surface area (Å²) in [4.78, 5) is 23.0. The van der Waals surface area contributed by atoms with Crippen LogP contribution in [-0.2, 0) is 14.3 Å². The van der Waals surface area contributed by atoms with Gasteiger partial charge in [-0.1, -0.05) is 30.0 Å². The number of hydrogen-bond acceptors (Lipinski definition) is 4. The fraction of sp³-hybridized carbons (Fsp3) is 0.571. The Morgan fingerprint density at radius 2 is 2.28 bits per heavy atom. The molecule has 0 aromatic heterocycles. The molecule has 0 saturated carbocycles. The zero-order valence-electron chi connectivity index (χ0n) is 11.0. The predicted molar refractivity (Wildman–Crippen MR) is 74.3 cm³/mol. The third-order valence-corrected chi connectivity index (χ3v) is 3.90. The van der Waals surface area contributed by atoms with Crippen LogP contribution in [0.25, 0.3) is 0 Å². The van der Waals surface area contributed by atoms with Crippen molar-refractivity contribution in [2.75, 3.05) is 12.4 Å². The van der Waals surface area contributed by atoms with Gasteiger partial charge in [0.25, 0.3) is 0 Å². The molecule has 3 nitrogen and oxygen atoms in total. The average Bonchev–Trinajstić information content (AvgIpc) is 2.36. The Hall–Kier alpha value is -1.03. The van der Waals surface area contributed by atoms with Gasteiger partial charge in [0.1, 0.15) is 0 Å². The molecule has 1 aliphatic rings. The van der Waals surface area contributed by atoms with E-state index in [1.54, 1.807) is 6.92 Å². The first-order chi connectivity index (χ1) is 8.54. The number of ether oxygens (including phenoxy) is 1. The highest BCUT2D eigenvalue weighted by molar-refractivity contribution is 8.14. The van der Waals surface area contributed by atoms with E-state index >= 15 is 0 Å². The molecule has 1 rings (SSSR count). The van der Waals surface area contributed by atoms with Gasteiger partial charge in [-0.25, -0.2) is 0 Å². The van der Waals surface area contributed by atoms with Crippen LogP contribution in [0.5, 0.6) is 0 Å². The van der Waals surface area contributed by atoms with Crippen LogP contribution >= 0.6 is 11.8 Å². The van der Waals surface area contributed by atoms with Crippen molar-refractivity contribution in [1.29, 1.82) is 0 Å². The van der Waals surface area contributed by atoms with E-state index in [0.717, 1.165) is 36.6 Å². The molecule has 1 aliphatic carbocycles. The van der Waals surface area contributed by atoms with Crippen LogP contribution in [-0.4, -0.2) is 23.4 Å². The number of allylic oxidation sites excluding steroid dienone is 2. The second kappa shape index (κ2) is 7.41. The summed E-state index contributed by atoms with van der Waals surface area (Å²) in [6, 6.07) is 0. The van der Waals surface area contributed by atoms with E-state index < -0.39 is 0 Å². The molecule has 0 aliphatic heterocycles. The maximum atomic E-state index is 11.8. The molecule has 0 saturated heterocycles. The first kappa shape index (κ1) is 15.0. The lowest BCUT2D eigenvalue weighted by atomic mass is 9.86. The van der Waals surface area contributed by atoms with E-state index in [1.807, 2.05) is 13.0 Å². The van der Waals surface area contributed by atoms with Gasteiger partial charge < -0.3 is 4.74 Å². The fourth-order valence-corrected chi connectivity index (χ4v) is 2.59. The molecular weight excluding hydrogens is 248 g/mol. The first-order valence-corrected chi connectivity index (χ1v) is 7.20. The molecule has 0 aromatic rings. The second-order valence-corrected chi connectivity index (χ2v) is 5.38. The topological polar surface area (TPSA) is 43.4 Å². The highest BCUT2D eigenvalue weighted by Gasteiger charge is 2.20. The number of hydrogen-bond donors (Lipinski definition) is 0. The summed E-state index contributed by atoms with van der Waals surface area (Å²) in [7, 11) is 0. The Labute approximate surface area is 113 Å². The number of carbonyl (C=O) groups is 2. The molecule has 0 aromatic carbocycles. The average molecular weight is 268 g/mol. The lowest BCUT2D eigenvalue weighted by molar-refractivity contribution is -0.139. The maximum Gasteiger partial charge on any atom is 0.316 e. The van der Waals surface area contributed by atoms with Crippen LogP contribution in [0.1, 0.15) is 33.1 Å². The Balaban J connectivity index is 2.39. The van der Waals surface area contributed by atoms with Crippen LogP contribution < -0.4 is 0 Å². The third kappa shape index (κ3) is 4.69. The van der Waals surface area contributed by atoms with Crippen molar-refractivity contribution in [3.8, 4) is 0 Å². The Morgan fingerprint density at radius 1 is 1.56 bits per heavy atom. The highest BCUT2D eigenvalue weighted by Crippen LogP contribution is 2.30. The van der Waals surface area contributed by atoms with Gasteiger partial charge >= 0.3 is 5.97 Å². The molecular formula is C14H20O3S. The maximum absolute atomic E-state index is 11.8. The molecule has 0 bridgehead atoms. The monoisotopic (exact) mass is 268 g/mol. The fourth-order valence-electron chi connectivity index (χ4n) is 1.89. The normalized spacial score (nSPS) is 19.0. The number of carbonyl (C=O) groups excluding carboxylic acids is 2. The van der Waals surface area contributed by atoms with Crippen LogP contribution in [0.4, 0.5) is 0 Å². The molecule has 0 heterocycles. The molecule has 0 radical (unpaired) electrons. The summed E-state index contributed by atoms with van der Waals surface area (Å²) in [5, 5.41) is 0.00298. The van der Waals surface area contributed by atoms with E-state index in [9.17, 15) is 9.59 Å². The third-order valence-electron chi connectivity index (χ3n) is 3.00. The number of thioether (sulfide) groups is 1. The van der Waals surface area contributed by atoms with Gasteiger partial charge in [-0.3, -0.25) is 9.59 Å². The summed E-state index contributed by atoms with van der Waals surface area (Å²) >= 11 is 1.04.